The van der Waals surface area contributed by atoms with Crippen molar-refractivity contribution in [3.8, 4) is 0 Å². The highest BCUT2D eigenvalue weighted by Crippen LogP contribution is 2.40. The molecule has 2 rings (SSSR count). The molecule has 0 aromatic carbocycles. The lowest BCUT2D eigenvalue weighted by Gasteiger charge is -2.32. The summed E-state index contributed by atoms with van der Waals surface area (Å²) in [6.07, 6.45) is 3.51. The van der Waals surface area contributed by atoms with Crippen molar-refractivity contribution in [3.05, 3.63) is 11.5 Å². The van der Waals surface area contributed by atoms with Gasteiger partial charge in [-0.3, -0.25) is 0 Å². The van der Waals surface area contributed by atoms with E-state index in [1.807, 2.05) is 27.7 Å². The highest BCUT2D eigenvalue weighted by Gasteiger charge is 2.53. The SMILES string of the molecule is COC(=O)/C=C(\B1OC(C)(C)C(C)(C)O1)C1CCNCC1. The van der Waals surface area contributed by atoms with E-state index < -0.39 is 18.3 Å². The minimum atomic E-state index is -0.475. The minimum Gasteiger partial charge on any atom is -0.466 e. The van der Waals surface area contributed by atoms with Crippen molar-refractivity contribution >= 4 is 13.1 Å². The smallest absolute Gasteiger partial charge is 0.466 e. The van der Waals surface area contributed by atoms with Crippen LogP contribution in [0.15, 0.2) is 11.5 Å². The van der Waals surface area contributed by atoms with E-state index in [1.165, 1.54) is 7.11 Å². The maximum absolute atomic E-state index is 11.7. The molecule has 118 valence electrons. The van der Waals surface area contributed by atoms with Gasteiger partial charge in [0.1, 0.15) is 0 Å². The molecule has 0 radical (unpaired) electrons. The highest BCUT2D eigenvalue weighted by atomic mass is 16.7. The molecule has 6 heteroatoms. The van der Waals surface area contributed by atoms with Crippen molar-refractivity contribution in [2.45, 2.75) is 51.7 Å². The van der Waals surface area contributed by atoms with E-state index in [1.54, 1.807) is 6.08 Å². The predicted octanol–water partition coefficient (Wildman–Crippen LogP) is 1.72. The molecule has 0 aliphatic carbocycles. The molecular formula is C15H26BNO4. The Kier molecular flexibility index (Phi) is 4.80. The summed E-state index contributed by atoms with van der Waals surface area (Å²) in [6, 6.07) is 0. The molecule has 2 saturated heterocycles. The van der Waals surface area contributed by atoms with Crippen LogP contribution in [0.2, 0.25) is 0 Å². The lowest BCUT2D eigenvalue weighted by atomic mass is 9.68. The van der Waals surface area contributed by atoms with Crippen LogP contribution in [-0.4, -0.2) is 44.5 Å². The normalized spacial score (nSPS) is 26.0. The summed E-state index contributed by atoms with van der Waals surface area (Å²) < 4.78 is 17.0. The van der Waals surface area contributed by atoms with Crippen LogP contribution in [0.4, 0.5) is 0 Å². The Bertz CT molecular complexity index is 411. The van der Waals surface area contributed by atoms with Crippen LogP contribution in [-0.2, 0) is 18.8 Å². The van der Waals surface area contributed by atoms with Crippen molar-refractivity contribution in [3.63, 3.8) is 0 Å². The summed E-state index contributed by atoms with van der Waals surface area (Å²) >= 11 is 0. The number of methoxy groups -OCH3 is 1. The summed E-state index contributed by atoms with van der Waals surface area (Å²) in [4.78, 5) is 11.7. The van der Waals surface area contributed by atoms with Gasteiger partial charge in [-0.05, 0) is 65.0 Å². The zero-order chi connectivity index (χ0) is 15.7. The van der Waals surface area contributed by atoms with Crippen LogP contribution in [0.5, 0.6) is 0 Å². The monoisotopic (exact) mass is 295 g/mol. The summed E-state index contributed by atoms with van der Waals surface area (Å²) in [5.41, 5.74) is 0.0987. The first-order valence-corrected chi connectivity index (χ1v) is 7.62. The topological polar surface area (TPSA) is 56.8 Å². The molecule has 2 aliphatic rings. The maximum Gasteiger partial charge on any atom is 0.491 e. The summed E-state index contributed by atoms with van der Waals surface area (Å²) in [5.74, 6) is -0.0571. The number of rotatable bonds is 3. The number of allylic oxidation sites excluding steroid dienone is 1. The van der Waals surface area contributed by atoms with Crippen molar-refractivity contribution in [2.75, 3.05) is 20.2 Å². The third-order valence-corrected chi connectivity index (χ3v) is 4.82. The zero-order valence-corrected chi connectivity index (χ0v) is 13.7. The third-order valence-electron chi connectivity index (χ3n) is 4.82. The average molecular weight is 295 g/mol. The van der Waals surface area contributed by atoms with Crippen molar-refractivity contribution in [2.24, 2.45) is 5.92 Å². The van der Waals surface area contributed by atoms with E-state index in [9.17, 15) is 4.79 Å². The van der Waals surface area contributed by atoms with Crippen LogP contribution >= 0.6 is 0 Å². The number of nitrogens with one attached hydrogen (secondary N) is 1. The van der Waals surface area contributed by atoms with E-state index in [-0.39, 0.29) is 5.97 Å². The number of piperidine rings is 1. The number of carbonyl (C=O) groups excluding carboxylic acids is 1. The number of hydrogen-bond donors (Lipinski definition) is 1. The molecule has 21 heavy (non-hydrogen) atoms. The third kappa shape index (κ3) is 3.50. The molecule has 0 aromatic rings. The van der Waals surface area contributed by atoms with Gasteiger partial charge in [0.15, 0.2) is 0 Å². The van der Waals surface area contributed by atoms with Gasteiger partial charge in [0, 0.05) is 6.08 Å². The van der Waals surface area contributed by atoms with Crippen molar-refractivity contribution in [1.29, 1.82) is 0 Å². The standard InChI is InChI=1S/C15H26BNO4/c1-14(2)15(3,4)21-16(20-14)12(10-13(18)19-5)11-6-8-17-9-7-11/h10-11,17H,6-9H2,1-5H3/b12-10-. The number of ether oxygens (including phenoxy) is 1. The summed E-state index contributed by atoms with van der Waals surface area (Å²) in [6.45, 7) is 9.97. The Labute approximate surface area is 127 Å². The molecule has 0 atom stereocenters. The number of esters is 1. The first-order chi connectivity index (χ1) is 9.77. The van der Waals surface area contributed by atoms with Gasteiger partial charge in [-0.1, -0.05) is 0 Å². The molecule has 2 fully saturated rings. The van der Waals surface area contributed by atoms with Crippen molar-refractivity contribution < 1.29 is 18.8 Å². The summed E-state index contributed by atoms with van der Waals surface area (Å²) in [7, 11) is 0.917. The van der Waals surface area contributed by atoms with E-state index >= 15 is 0 Å². The van der Waals surface area contributed by atoms with Gasteiger partial charge in [0.25, 0.3) is 0 Å². The molecule has 2 aliphatic heterocycles. The van der Waals surface area contributed by atoms with E-state index in [4.69, 9.17) is 14.0 Å². The largest absolute Gasteiger partial charge is 0.491 e. The second-order valence-electron chi connectivity index (χ2n) is 6.78. The fourth-order valence-electron chi connectivity index (χ4n) is 2.71. The molecule has 5 nitrogen and oxygen atoms in total. The fraction of sp³-hybridized carbons (Fsp3) is 0.800. The average Bonchev–Trinajstić information content (AvgIpc) is 2.65. The lowest BCUT2D eigenvalue weighted by molar-refractivity contribution is -0.134. The summed E-state index contributed by atoms with van der Waals surface area (Å²) in [5, 5.41) is 3.33. The van der Waals surface area contributed by atoms with E-state index in [0.29, 0.717) is 5.92 Å². The molecule has 2 heterocycles. The molecule has 1 N–H and O–H groups in total. The predicted molar refractivity (Wildman–Crippen MR) is 81.8 cm³/mol. The highest BCUT2D eigenvalue weighted by molar-refractivity contribution is 6.55. The molecule has 0 amide bonds. The Morgan fingerprint density at radius 3 is 2.19 bits per heavy atom. The van der Waals surface area contributed by atoms with Gasteiger partial charge >= 0.3 is 13.1 Å². The van der Waals surface area contributed by atoms with Crippen LogP contribution in [0.25, 0.3) is 0 Å². The number of carbonyl (C=O) groups is 1. The van der Waals surface area contributed by atoms with Gasteiger partial charge < -0.3 is 19.4 Å². The van der Waals surface area contributed by atoms with Crippen LogP contribution < -0.4 is 5.32 Å². The van der Waals surface area contributed by atoms with Crippen molar-refractivity contribution in [1.82, 2.24) is 5.32 Å². The first-order valence-electron chi connectivity index (χ1n) is 7.62. The van der Waals surface area contributed by atoms with Crippen LogP contribution in [0.3, 0.4) is 0 Å². The first kappa shape index (κ1) is 16.5. The Balaban J connectivity index is 2.24. The van der Waals surface area contributed by atoms with Gasteiger partial charge in [-0.15, -0.1) is 0 Å². The number of hydrogen-bond acceptors (Lipinski definition) is 5. The Morgan fingerprint density at radius 2 is 1.71 bits per heavy atom. The second kappa shape index (κ2) is 6.11. The molecule has 0 bridgehead atoms. The molecule has 0 aromatic heterocycles. The van der Waals surface area contributed by atoms with Crippen LogP contribution in [0, 0.1) is 5.92 Å². The minimum absolute atomic E-state index is 0.292. The Morgan fingerprint density at radius 1 is 1.19 bits per heavy atom. The van der Waals surface area contributed by atoms with E-state index in [2.05, 4.69) is 5.32 Å². The quantitative estimate of drug-likeness (QED) is 0.488. The molecule has 0 spiro atoms. The van der Waals surface area contributed by atoms with Gasteiger partial charge in [0.05, 0.1) is 18.3 Å². The van der Waals surface area contributed by atoms with Gasteiger partial charge in [0.2, 0.25) is 0 Å². The molecule has 0 saturated carbocycles. The zero-order valence-electron chi connectivity index (χ0n) is 13.7. The Hall–Kier alpha value is -0.845. The van der Waals surface area contributed by atoms with E-state index in [0.717, 1.165) is 31.4 Å². The molecule has 0 unspecified atom stereocenters. The maximum atomic E-state index is 11.7. The van der Waals surface area contributed by atoms with Crippen LogP contribution in [0.1, 0.15) is 40.5 Å². The van der Waals surface area contributed by atoms with Gasteiger partial charge in [-0.2, -0.15) is 0 Å². The van der Waals surface area contributed by atoms with Gasteiger partial charge in [-0.25, -0.2) is 4.79 Å². The second-order valence-corrected chi connectivity index (χ2v) is 6.78. The fourth-order valence-corrected chi connectivity index (χ4v) is 2.71. The molecular weight excluding hydrogens is 269 g/mol. The lowest BCUT2D eigenvalue weighted by Crippen LogP contribution is -2.41.